The Kier molecular flexibility index (Phi) is 10.6. The molecule has 3 atom stereocenters. The van der Waals surface area contributed by atoms with Crippen molar-refractivity contribution >= 4 is 23.6 Å². The van der Waals surface area contributed by atoms with Crippen molar-refractivity contribution in [1.82, 2.24) is 30.1 Å². The van der Waals surface area contributed by atoms with Crippen LogP contribution in [-0.4, -0.2) is 99.6 Å². The standard InChI is InChI=1S/C31H47N7O6/c1-18(2)25(26(39)22-14-33-29(31(4,5)6)36-27(22)32-10-8-12-43-7)35-21-13-20(15-38(16-21)30(41)42)28(40)37-11-9-23-24(17-37)44-19(3)34-23/h14,18,20-21,25,35H,8-13,15-17H2,1-7H3,(H,41,42)(H,32,33,36)/t20-,21+,25?/m1/s1. The molecule has 0 aliphatic carbocycles. The van der Waals surface area contributed by atoms with Gasteiger partial charge in [-0.1, -0.05) is 34.6 Å². The highest BCUT2D eigenvalue weighted by atomic mass is 16.5. The fourth-order valence-electron chi connectivity index (χ4n) is 5.80. The van der Waals surface area contributed by atoms with E-state index in [1.807, 2.05) is 34.6 Å². The number of hydrogen-bond acceptors (Lipinski definition) is 10. The normalized spacial score (nSPS) is 19.5. The van der Waals surface area contributed by atoms with Crippen molar-refractivity contribution in [3.63, 3.8) is 0 Å². The van der Waals surface area contributed by atoms with Crippen LogP contribution in [0.1, 0.15) is 81.0 Å². The molecule has 4 rings (SSSR count). The summed E-state index contributed by atoms with van der Waals surface area (Å²) in [5, 5.41) is 16.7. The first-order valence-corrected chi connectivity index (χ1v) is 15.4. The number of carbonyl (C=O) groups excluding carboxylic acids is 2. The Morgan fingerprint density at radius 3 is 2.59 bits per heavy atom. The first-order valence-electron chi connectivity index (χ1n) is 15.4. The molecule has 13 nitrogen and oxygen atoms in total. The van der Waals surface area contributed by atoms with Gasteiger partial charge in [0.2, 0.25) is 5.91 Å². The molecule has 2 aliphatic rings. The van der Waals surface area contributed by atoms with E-state index >= 15 is 0 Å². The minimum absolute atomic E-state index is 0.100. The van der Waals surface area contributed by atoms with E-state index in [0.29, 0.717) is 67.9 Å². The molecule has 0 radical (unpaired) electrons. The Hall–Kier alpha value is -3.58. The molecule has 1 unspecified atom stereocenters. The van der Waals surface area contributed by atoms with Crippen molar-refractivity contribution in [3.05, 3.63) is 34.9 Å². The number of rotatable bonds is 11. The summed E-state index contributed by atoms with van der Waals surface area (Å²) in [6, 6.07) is -1.06. The molecule has 1 fully saturated rings. The molecule has 2 aliphatic heterocycles. The monoisotopic (exact) mass is 613 g/mol. The van der Waals surface area contributed by atoms with E-state index in [1.165, 1.54) is 4.90 Å². The Labute approximate surface area is 259 Å². The van der Waals surface area contributed by atoms with Crippen molar-refractivity contribution < 1.29 is 28.6 Å². The summed E-state index contributed by atoms with van der Waals surface area (Å²) in [5.41, 5.74) is 0.922. The number of methoxy groups -OCH3 is 1. The van der Waals surface area contributed by atoms with Crippen molar-refractivity contribution in [3.8, 4) is 0 Å². The number of ketones is 1. The minimum Gasteiger partial charge on any atom is -0.465 e. The number of anilines is 1. The van der Waals surface area contributed by atoms with Crippen LogP contribution in [0.25, 0.3) is 0 Å². The van der Waals surface area contributed by atoms with Gasteiger partial charge in [-0.3, -0.25) is 9.59 Å². The van der Waals surface area contributed by atoms with Gasteiger partial charge in [-0.2, -0.15) is 0 Å². The lowest BCUT2D eigenvalue weighted by molar-refractivity contribution is -0.138. The summed E-state index contributed by atoms with van der Waals surface area (Å²) in [6.07, 6.45) is 2.22. The van der Waals surface area contributed by atoms with Gasteiger partial charge in [-0.25, -0.2) is 19.7 Å². The average Bonchev–Trinajstić information content (AvgIpc) is 3.35. The number of likely N-dealkylation sites (tertiary alicyclic amines) is 1. The second-order valence-corrected chi connectivity index (χ2v) is 13.2. The molecule has 4 heterocycles. The van der Waals surface area contributed by atoms with Crippen molar-refractivity contribution in [2.24, 2.45) is 11.8 Å². The van der Waals surface area contributed by atoms with Gasteiger partial charge >= 0.3 is 6.09 Å². The zero-order chi connectivity index (χ0) is 32.2. The molecule has 1 saturated heterocycles. The smallest absolute Gasteiger partial charge is 0.407 e. The number of carbonyl (C=O) groups is 3. The Bertz CT molecular complexity index is 1340. The fourth-order valence-corrected chi connectivity index (χ4v) is 5.80. The fraction of sp³-hybridized carbons (Fsp3) is 0.677. The van der Waals surface area contributed by atoms with Crippen LogP contribution in [-0.2, 0) is 27.9 Å². The molecule has 3 N–H and O–H groups in total. The van der Waals surface area contributed by atoms with E-state index < -0.39 is 24.1 Å². The Balaban J connectivity index is 1.54. The van der Waals surface area contributed by atoms with Crippen molar-refractivity contribution in [1.29, 1.82) is 0 Å². The largest absolute Gasteiger partial charge is 0.465 e. The third-order valence-corrected chi connectivity index (χ3v) is 8.13. The number of ether oxygens (including phenoxy) is 1. The zero-order valence-corrected chi connectivity index (χ0v) is 27.0. The maximum Gasteiger partial charge on any atom is 0.407 e. The summed E-state index contributed by atoms with van der Waals surface area (Å²) in [6.45, 7) is 13.9. The van der Waals surface area contributed by atoms with Gasteiger partial charge in [-0.05, 0) is 18.8 Å². The van der Waals surface area contributed by atoms with Gasteiger partial charge in [0.25, 0.3) is 0 Å². The molecule has 2 aromatic rings. The maximum atomic E-state index is 14.1. The van der Waals surface area contributed by atoms with E-state index in [9.17, 15) is 19.5 Å². The molecule has 2 amide bonds. The second-order valence-electron chi connectivity index (χ2n) is 13.2. The Morgan fingerprint density at radius 2 is 1.93 bits per heavy atom. The predicted molar refractivity (Wildman–Crippen MR) is 164 cm³/mol. The number of hydrogen-bond donors (Lipinski definition) is 3. The van der Waals surface area contributed by atoms with Gasteiger partial charge in [-0.15, -0.1) is 0 Å². The van der Waals surface area contributed by atoms with Crippen LogP contribution in [0, 0.1) is 18.8 Å². The van der Waals surface area contributed by atoms with Gasteiger partial charge in [0.05, 0.1) is 29.8 Å². The first-order chi connectivity index (χ1) is 20.8. The zero-order valence-electron chi connectivity index (χ0n) is 27.0. The molecule has 0 spiro atoms. The van der Waals surface area contributed by atoms with Crippen LogP contribution in [0.15, 0.2) is 10.6 Å². The quantitative estimate of drug-likeness (QED) is 0.252. The molecule has 2 aromatic heterocycles. The maximum absolute atomic E-state index is 14.1. The number of aryl methyl sites for hydroxylation is 1. The summed E-state index contributed by atoms with van der Waals surface area (Å²) < 4.78 is 10.9. The van der Waals surface area contributed by atoms with Crippen LogP contribution < -0.4 is 10.6 Å². The topological polar surface area (TPSA) is 163 Å². The Morgan fingerprint density at radius 1 is 1.18 bits per heavy atom. The van der Waals surface area contributed by atoms with Crippen molar-refractivity contribution in [2.75, 3.05) is 45.2 Å². The average molecular weight is 614 g/mol. The summed E-state index contributed by atoms with van der Waals surface area (Å²) in [5.74, 6) is 1.34. The van der Waals surface area contributed by atoms with E-state index in [0.717, 1.165) is 12.1 Å². The van der Waals surface area contributed by atoms with Gasteiger partial charge < -0.3 is 34.7 Å². The molecule has 13 heteroatoms. The van der Waals surface area contributed by atoms with E-state index in [-0.39, 0.29) is 36.1 Å². The number of aromatic nitrogens is 3. The van der Waals surface area contributed by atoms with Crippen LogP contribution in [0.4, 0.5) is 10.6 Å². The number of oxazole rings is 1. The summed E-state index contributed by atoms with van der Waals surface area (Å²) >= 11 is 0. The SMILES string of the molecule is COCCCNc1nc(C(C)(C)C)ncc1C(=O)C(N[C@H]1C[C@@H](C(=O)N2CCc3nc(C)oc3C2)CN(C(=O)O)C1)C(C)C. The van der Waals surface area contributed by atoms with E-state index in [4.69, 9.17) is 14.1 Å². The van der Waals surface area contributed by atoms with Crippen molar-refractivity contribution in [2.45, 2.75) is 84.8 Å². The number of piperidine rings is 1. The number of carboxylic acid groups (broad SMARTS) is 1. The van der Waals surface area contributed by atoms with E-state index in [2.05, 4.69) is 20.6 Å². The minimum atomic E-state index is -1.10. The van der Waals surface area contributed by atoms with Crippen LogP contribution in [0.3, 0.4) is 0 Å². The number of amides is 2. The summed E-state index contributed by atoms with van der Waals surface area (Å²) in [4.78, 5) is 56.6. The molecular formula is C31H47N7O6. The lowest BCUT2D eigenvalue weighted by Crippen LogP contribution is -2.58. The van der Waals surface area contributed by atoms with Gasteiger partial charge in [0, 0.05) is 70.9 Å². The van der Waals surface area contributed by atoms with Crippen LogP contribution in [0.2, 0.25) is 0 Å². The number of nitrogens with zero attached hydrogens (tertiary/aromatic N) is 5. The van der Waals surface area contributed by atoms with Crippen LogP contribution >= 0.6 is 0 Å². The highest BCUT2D eigenvalue weighted by Gasteiger charge is 2.39. The summed E-state index contributed by atoms with van der Waals surface area (Å²) in [7, 11) is 1.64. The highest BCUT2D eigenvalue weighted by Crippen LogP contribution is 2.27. The number of Topliss-reactive ketones (excluding diaryl/α,β-unsaturated/α-hetero) is 1. The molecule has 242 valence electrons. The molecule has 0 saturated carbocycles. The molecular weight excluding hydrogens is 566 g/mol. The molecule has 44 heavy (non-hydrogen) atoms. The number of nitrogens with one attached hydrogen (secondary N) is 2. The van der Waals surface area contributed by atoms with E-state index in [1.54, 1.807) is 25.1 Å². The predicted octanol–water partition coefficient (Wildman–Crippen LogP) is 3.27. The molecule has 0 bridgehead atoms. The molecule has 0 aromatic carbocycles. The highest BCUT2D eigenvalue weighted by molar-refractivity contribution is 6.03. The second kappa shape index (κ2) is 14.0. The number of fused-ring (bicyclic) bond motifs is 1. The first kappa shape index (κ1) is 33.3. The van der Waals surface area contributed by atoms with Crippen LogP contribution in [0.5, 0.6) is 0 Å². The van der Waals surface area contributed by atoms with Gasteiger partial charge in [0.1, 0.15) is 17.4 Å². The third kappa shape index (κ3) is 7.92. The third-order valence-electron chi connectivity index (χ3n) is 8.13. The lowest BCUT2D eigenvalue weighted by Gasteiger charge is -2.40. The lowest BCUT2D eigenvalue weighted by atomic mass is 9.89. The van der Waals surface area contributed by atoms with Gasteiger partial charge in [0.15, 0.2) is 11.7 Å².